The van der Waals surface area contributed by atoms with Crippen molar-refractivity contribution < 1.29 is 14.7 Å². The van der Waals surface area contributed by atoms with Crippen LogP contribution in [-0.2, 0) is 4.79 Å². The zero-order valence-corrected chi connectivity index (χ0v) is 13.2. The normalized spacial score (nSPS) is 21.3. The van der Waals surface area contributed by atoms with E-state index in [0.717, 1.165) is 30.2 Å². The van der Waals surface area contributed by atoms with E-state index in [1.54, 1.807) is 12.1 Å². The number of hydrogen-bond acceptors (Lipinski definition) is 3. The predicted octanol–water partition coefficient (Wildman–Crippen LogP) is 3.54. The lowest BCUT2D eigenvalue weighted by molar-refractivity contribution is -0.131. The van der Waals surface area contributed by atoms with Crippen LogP contribution in [-0.4, -0.2) is 23.0 Å². The molecule has 0 spiro atoms. The van der Waals surface area contributed by atoms with E-state index in [-0.39, 0.29) is 11.9 Å². The summed E-state index contributed by atoms with van der Waals surface area (Å²) >= 11 is 1.31. The van der Waals surface area contributed by atoms with Gasteiger partial charge in [0.15, 0.2) is 0 Å². The van der Waals surface area contributed by atoms with Gasteiger partial charge < -0.3 is 10.4 Å². The number of carboxylic acid groups (broad SMARTS) is 1. The number of aliphatic carboxylic acids is 1. The van der Waals surface area contributed by atoms with Crippen LogP contribution >= 0.6 is 11.3 Å². The maximum Gasteiger partial charge on any atom is 0.328 e. The minimum Gasteiger partial charge on any atom is -0.478 e. The molecule has 1 heterocycles. The fraction of sp³-hybridized carbons (Fsp3) is 0.500. The van der Waals surface area contributed by atoms with Crippen LogP contribution in [0.15, 0.2) is 18.2 Å². The molecule has 21 heavy (non-hydrogen) atoms. The lowest BCUT2D eigenvalue weighted by Gasteiger charge is -2.35. The lowest BCUT2D eigenvalue weighted by Crippen LogP contribution is -2.40. The van der Waals surface area contributed by atoms with Gasteiger partial charge in [-0.15, -0.1) is 11.3 Å². The van der Waals surface area contributed by atoms with Crippen molar-refractivity contribution in [2.75, 3.05) is 0 Å². The number of hydrogen-bond donors (Lipinski definition) is 2. The molecule has 2 rings (SSSR count). The van der Waals surface area contributed by atoms with E-state index in [1.807, 2.05) is 0 Å². The molecule has 1 unspecified atom stereocenters. The van der Waals surface area contributed by atoms with Crippen LogP contribution in [0.25, 0.3) is 6.08 Å². The van der Waals surface area contributed by atoms with Gasteiger partial charge in [-0.3, -0.25) is 4.79 Å². The Bertz CT molecular complexity index is 560. The van der Waals surface area contributed by atoms with Crippen LogP contribution in [0.2, 0.25) is 0 Å². The summed E-state index contributed by atoms with van der Waals surface area (Å²) in [6.07, 6.45) is 6.99. The molecule has 1 fully saturated rings. The monoisotopic (exact) mass is 307 g/mol. The first-order valence-electron chi connectivity index (χ1n) is 7.17. The molecule has 0 saturated heterocycles. The zero-order valence-electron chi connectivity index (χ0n) is 12.4. The molecule has 1 aliphatic carbocycles. The second-order valence-electron chi connectivity index (χ2n) is 6.30. The van der Waals surface area contributed by atoms with Crippen LogP contribution in [0.3, 0.4) is 0 Å². The Labute approximate surface area is 128 Å². The third-order valence-corrected chi connectivity index (χ3v) is 4.83. The minimum absolute atomic E-state index is 0.0577. The molecule has 0 radical (unpaired) electrons. The number of thiophene rings is 1. The Morgan fingerprint density at radius 2 is 2.19 bits per heavy atom. The minimum atomic E-state index is -0.987. The molecule has 1 aromatic rings. The molecule has 114 valence electrons. The summed E-state index contributed by atoms with van der Waals surface area (Å²) in [4.78, 5) is 24.1. The van der Waals surface area contributed by atoms with Gasteiger partial charge in [0.2, 0.25) is 0 Å². The van der Waals surface area contributed by atoms with Crippen molar-refractivity contribution in [2.24, 2.45) is 5.41 Å². The van der Waals surface area contributed by atoms with Gasteiger partial charge in [-0.25, -0.2) is 4.79 Å². The third kappa shape index (κ3) is 4.70. The van der Waals surface area contributed by atoms with E-state index in [1.165, 1.54) is 23.8 Å². The van der Waals surface area contributed by atoms with Crippen LogP contribution in [0.5, 0.6) is 0 Å². The molecule has 4 nitrogen and oxygen atoms in total. The largest absolute Gasteiger partial charge is 0.478 e. The first kappa shape index (κ1) is 15.8. The van der Waals surface area contributed by atoms with Gasteiger partial charge in [0.05, 0.1) is 4.88 Å². The Morgan fingerprint density at radius 1 is 1.43 bits per heavy atom. The summed E-state index contributed by atoms with van der Waals surface area (Å²) < 4.78 is 0. The van der Waals surface area contributed by atoms with Crippen molar-refractivity contribution in [2.45, 2.75) is 45.6 Å². The zero-order chi connectivity index (χ0) is 15.5. The SMILES string of the molecule is CC1(C)CCCC(NC(=O)c2ccc(/C=C/C(=O)O)s2)C1. The van der Waals surface area contributed by atoms with Crippen molar-refractivity contribution >= 4 is 29.3 Å². The molecule has 1 atom stereocenters. The van der Waals surface area contributed by atoms with Gasteiger partial charge in [0, 0.05) is 17.0 Å². The second-order valence-corrected chi connectivity index (χ2v) is 7.42. The molecule has 1 aliphatic rings. The summed E-state index contributed by atoms with van der Waals surface area (Å²) in [5.74, 6) is -1.04. The van der Waals surface area contributed by atoms with Gasteiger partial charge in [0.25, 0.3) is 5.91 Å². The van der Waals surface area contributed by atoms with Crippen molar-refractivity contribution in [1.82, 2.24) is 5.32 Å². The van der Waals surface area contributed by atoms with Crippen LogP contribution in [0.1, 0.15) is 54.1 Å². The van der Waals surface area contributed by atoms with E-state index >= 15 is 0 Å². The fourth-order valence-corrected chi connectivity index (χ4v) is 3.61. The Balaban J connectivity index is 1.96. The first-order chi connectivity index (χ1) is 9.85. The van der Waals surface area contributed by atoms with Gasteiger partial charge >= 0.3 is 5.97 Å². The van der Waals surface area contributed by atoms with Gasteiger partial charge in [0.1, 0.15) is 0 Å². The number of rotatable bonds is 4. The number of nitrogens with one attached hydrogen (secondary N) is 1. The third-order valence-electron chi connectivity index (χ3n) is 3.78. The Kier molecular flexibility index (Phi) is 4.83. The predicted molar refractivity (Wildman–Crippen MR) is 84.5 cm³/mol. The number of carbonyl (C=O) groups excluding carboxylic acids is 1. The highest BCUT2D eigenvalue weighted by atomic mass is 32.1. The van der Waals surface area contributed by atoms with Gasteiger partial charge in [-0.05, 0) is 42.9 Å². The highest BCUT2D eigenvalue weighted by molar-refractivity contribution is 7.14. The van der Waals surface area contributed by atoms with Crippen LogP contribution in [0.4, 0.5) is 0 Å². The van der Waals surface area contributed by atoms with E-state index in [9.17, 15) is 9.59 Å². The van der Waals surface area contributed by atoms with Crippen molar-refractivity contribution in [3.63, 3.8) is 0 Å². The van der Waals surface area contributed by atoms with Gasteiger partial charge in [-0.2, -0.15) is 0 Å². The summed E-state index contributed by atoms with van der Waals surface area (Å²) in [5.41, 5.74) is 0.293. The highest BCUT2D eigenvalue weighted by Gasteiger charge is 2.29. The molecule has 1 amide bonds. The van der Waals surface area contributed by atoms with Crippen LogP contribution < -0.4 is 5.32 Å². The summed E-state index contributed by atoms with van der Waals surface area (Å²) in [7, 11) is 0. The van der Waals surface area contributed by atoms with Crippen molar-refractivity contribution in [3.8, 4) is 0 Å². The van der Waals surface area contributed by atoms with Crippen molar-refractivity contribution in [1.29, 1.82) is 0 Å². The van der Waals surface area contributed by atoms with Crippen molar-refractivity contribution in [3.05, 3.63) is 28.0 Å². The highest BCUT2D eigenvalue weighted by Crippen LogP contribution is 2.35. The lowest BCUT2D eigenvalue weighted by atomic mass is 9.75. The average Bonchev–Trinajstić information content (AvgIpc) is 2.84. The quantitative estimate of drug-likeness (QED) is 0.836. The smallest absolute Gasteiger partial charge is 0.328 e. The molecule has 2 N–H and O–H groups in total. The van der Waals surface area contributed by atoms with Gasteiger partial charge in [-0.1, -0.05) is 20.3 Å². The van der Waals surface area contributed by atoms with E-state index in [2.05, 4.69) is 19.2 Å². The maximum atomic E-state index is 12.2. The molecular weight excluding hydrogens is 286 g/mol. The molecule has 0 aromatic carbocycles. The Hall–Kier alpha value is -1.62. The number of carboxylic acids is 1. The molecular formula is C16H21NO3S. The maximum absolute atomic E-state index is 12.2. The van der Waals surface area contributed by atoms with Crippen LogP contribution in [0, 0.1) is 5.41 Å². The number of amides is 1. The first-order valence-corrected chi connectivity index (χ1v) is 7.99. The topological polar surface area (TPSA) is 66.4 Å². The summed E-state index contributed by atoms with van der Waals surface area (Å²) in [5, 5.41) is 11.7. The molecule has 0 aliphatic heterocycles. The standard InChI is InChI=1S/C16H21NO3S/c1-16(2)9-3-4-11(10-16)17-15(20)13-7-5-12(21-13)6-8-14(18)19/h5-8,11H,3-4,9-10H2,1-2H3,(H,17,20)(H,18,19)/b8-6+. The Morgan fingerprint density at radius 3 is 2.86 bits per heavy atom. The molecule has 5 heteroatoms. The molecule has 1 aromatic heterocycles. The number of carbonyl (C=O) groups is 2. The summed E-state index contributed by atoms with van der Waals surface area (Å²) in [6.45, 7) is 4.48. The second kappa shape index (κ2) is 6.43. The molecule has 1 saturated carbocycles. The van der Waals surface area contributed by atoms with E-state index in [0.29, 0.717) is 10.3 Å². The molecule has 0 bridgehead atoms. The van der Waals surface area contributed by atoms with E-state index < -0.39 is 5.97 Å². The summed E-state index contributed by atoms with van der Waals surface area (Å²) in [6, 6.07) is 3.75. The fourth-order valence-electron chi connectivity index (χ4n) is 2.80. The van der Waals surface area contributed by atoms with E-state index in [4.69, 9.17) is 5.11 Å². The average molecular weight is 307 g/mol.